The Bertz CT molecular complexity index is 1440. The van der Waals surface area contributed by atoms with Gasteiger partial charge in [-0.1, -0.05) is 53.7 Å². The Morgan fingerprint density at radius 2 is 1.85 bits per heavy atom. The lowest BCUT2D eigenvalue weighted by Crippen LogP contribution is -2.17. The average Bonchev–Trinajstić information content (AvgIpc) is 3.44. The number of imidazole rings is 1. The SMILES string of the molecule is Cc1cc(C)n(-c2nnc(SC(C)c3nc4cc(Cl)ccc4n3Cc3ccccc3)n2N)n1. The summed E-state index contributed by atoms with van der Waals surface area (Å²) in [5, 5.41) is 14.3. The van der Waals surface area contributed by atoms with Crippen molar-refractivity contribution in [2.24, 2.45) is 0 Å². The standard InChI is InChI=1S/C23H23ClN8S/c1-14-11-15(2)32(29-14)22-27-28-23(31(22)25)33-16(3)21-26-19-12-18(24)9-10-20(19)30(21)13-17-7-5-4-6-8-17/h4-12,16H,13,25H2,1-3H3. The number of nitrogens with zero attached hydrogens (tertiary/aromatic N) is 7. The number of nitrogen functional groups attached to an aromatic ring is 1. The van der Waals surface area contributed by atoms with Crippen LogP contribution in [0, 0.1) is 13.8 Å². The average molecular weight is 479 g/mol. The third-order valence-electron chi connectivity index (χ3n) is 5.41. The highest BCUT2D eigenvalue weighted by Crippen LogP contribution is 2.35. The maximum Gasteiger partial charge on any atom is 0.271 e. The van der Waals surface area contributed by atoms with E-state index in [1.54, 1.807) is 4.68 Å². The van der Waals surface area contributed by atoms with Crippen LogP contribution >= 0.6 is 23.4 Å². The molecular weight excluding hydrogens is 456 g/mol. The van der Waals surface area contributed by atoms with Gasteiger partial charge in [-0.15, -0.1) is 10.2 Å². The van der Waals surface area contributed by atoms with Crippen molar-refractivity contribution in [3.63, 3.8) is 0 Å². The Hall–Kier alpha value is -3.30. The van der Waals surface area contributed by atoms with Crippen LogP contribution in [0.3, 0.4) is 0 Å². The van der Waals surface area contributed by atoms with Crippen LogP contribution in [0.15, 0.2) is 59.8 Å². The largest absolute Gasteiger partial charge is 0.334 e. The number of fused-ring (bicyclic) bond motifs is 1. The molecule has 5 aromatic rings. The Morgan fingerprint density at radius 3 is 2.58 bits per heavy atom. The minimum atomic E-state index is -0.0420. The van der Waals surface area contributed by atoms with Gasteiger partial charge in [-0.3, -0.25) is 0 Å². The summed E-state index contributed by atoms with van der Waals surface area (Å²) in [7, 11) is 0. The summed E-state index contributed by atoms with van der Waals surface area (Å²) < 4.78 is 5.39. The second-order valence-corrected chi connectivity index (χ2v) is 9.67. The molecule has 8 nitrogen and oxygen atoms in total. The summed E-state index contributed by atoms with van der Waals surface area (Å²) in [5.74, 6) is 7.75. The van der Waals surface area contributed by atoms with Crippen LogP contribution < -0.4 is 5.84 Å². The van der Waals surface area contributed by atoms with Gasteiger partial charge in [0.2, 0.25) is 5.16 Å². The summed E-state index contributed by atoms with van der Waals surface area (Å²) in [6.07, 6.45) is 0. The molecule has 1 atom stereocenters. The maximum absolute atomic E-state index is 6.36. The van der Waals surface area contributed by atoms with Gasteiger partial charge in [-0.05, 0) is 50.6 Å². The minimum absolute atomic E-state index is 0.0420. The van der Waals surface area contributed by atoms with Crippen molar-refractivity contribution >= 4 is 34.4 Å². The smallest absolute Gasteiger partial charge is 0.271 e. The molecule has 2 aromatic carbocycles. The van der Waals surface area contributed by atoms with Gasteiger partial charge in [0.15, 0.2) is 0 Å². The van der Waals surface area contributed by atoms with E-state index in [1.165, 1.54) is 22.0 Å². The lowest BCUT2D eigenvalue weighted by Gasteiger charge is -2.14. The number of thioether (sulfide) groups is 1. The van der Waals surface area contributed by atoms with Crippen molar-refractivity contribution < 1.29 is 0 Å². The van der Waals surface area contributed by atoms with E-state index in [1.807, 2.05) is 56.3 Å². The molecule has 3 heterocycles. The molecule has 0 spiro atoms. The molecule has 0 aliphatic rings. The van der Waals surface area contributed by atoms with Crippen LogP contribution in [0.5, 0.6) is 0 Å². The molecule has 10 heteroatoms. The van der Waals surface area contributed by atoms with Crippen LogP contribution in [0.2, 0.25) is 5.02 Å². The van der Waals surface area contributed by atoms with Crippen molar-refractivity contribution in [2.75, 3.05) is 5.84 Å². The van der Waals surface area contributed by atoms with Gasteiger partial charge >= 0.3 is 0 Å². The summed E-state index contributed by atoms with van der Waals surface area (Å²) >= 11 is 7.75. The molecule has 5 rings (SSSR count). The lowest BCUT2D eigenvalue weighted by atomic mass is 10.2. The van der Waals surface area contributed by atoms with E-state index in [0.29, 0.717) is 22.7 Å². The van der Waals surface area contributed by atoms with Gasteiger partial charge in [0.25, 0.3) is 5.95 Å². The molecule has 0 aliphatic heterocycles. The Labute approximate surface area is 200 Å². The number of halogens is 1. The molecule has 0 radical (unpaired) electrons. The van der Waals surface area contributed by atoms with Crippen LogP contribution in [0.4, 0.5) is 0 Å². The topological polar surface area (TPSA) is 92.4 Å². The zero-order valence-corrected chi connectivity index (χ0v) is 20.0. The highest BCUT2D eigenvalue weighted by atomic mass is 35.5. The zero-order valence-electron chi connectivity index (χ0n) is 18.5. The molecule has 2 N–H and O–H groups in total. The Morgan fingerprint density at radius 1 is 1.06 bits per heavy atom. The Balaban J connectivity index is 1.50. The molecule has 0 saturated heterocycles. The predicted octanol–water partition coefficient (Wildman–Crippen LogP) is 4.70. The van der Waals surface area contributed by atoms with E-state index >= 15 is 0 Å². The quantitative estimate of drug-likeness (QED) is 0.281. The summed E-state index contributed by atoms with van der Waals surface area (Å²) in [5.41, 5.74) is 4.92. The molecule has 3 aromatic heterocycles. The second-order valence-electron chi connectivity index (χ2n) is 7.93. The van der Waals surface area contributed by atoms with Crippen molar-refractivity contribution in [1.29, 1.82) is 0 Å². The highest BCUT2D eigenvalue weighted by molar-refractivity contribution is 7.99. The number of nitrogens with two attached hydrogens (primary N) is 1. The number of aryl methyl sites for hydroxylation is 2. The first-order valence-electron chi connectivity index (χ1n) is 10.5. The number of hydrogen-bond donors (Lipinski definition) is 1. The van der Waals surface area contributed by atoms with E-state index in [9.17, 15) is 0 Å². The van der Waals surface area contributed by atoms with Crippen molar-refractivity contribution in [3.05, 3.63) is 82.4 Å². The van der Waals surface area contributed by atoms with Crippen LogP contribution in [0.25, 0.3) is 17.0 Å². The van der Waals surface area contributed by atoms with Crippen molar-refractivity contribution in [1.82, 2.24) is 34.2 Å². The normalized spacial score (nSPS) is 12.5. The van der Waals surface area contributed by atoms with Gasteiger partial charge in [0.05, 0.1) is 22.0 Å². The van der Waals surface area contributed by atoms with E-state index in [4.69, 9.17) is 22.4 Å². The van der Waals surface area contributed by atoms with E-state index < -0.39 is 0 Å². The van der Waals surface area contributed by atoms with E-state index in [2.05, 4.69) is 38.9 Å². The maximum atomic E-state index is 6.36. The van der Waals surface area contributed by atoms with Crippen molar-refractivity contribution in [3.8, 4) is 5.95 Å². The molecular formula is C23H23ClN8S. The van der Waals surface area contributed by atoms with Crippen LogP contribution in [-0.4, -0.2) is 34.2 Å². The third kappa shape index (κ3) is 4.09. The first kappa shape index (κ1) is 21.5. The minimum Gasteiger partial charge on any atom is -0.334 e. The molecule has 0 aliphatic carbocycles. The van der Waals surface area contributed by atoms with Gasteiger partial charge < -0.3 is 10.4 Å². The monoisotopic (exact) mass is 478 g/mol. The highest BCUT2D eigenvalue weighted by Gasteiger charge is 2.22. The fourth-order valence-corrected chi connectivity index (χ4v) is 4.95. The number of benzene rings is 2. The number of aromatic nitrogens is 7. The number of rotatable bonds is 6. The fraction of sp³-hybridized carbons (Fsp3) is 0.217. The molecule has 0 amide bonds. The summed E-state index contributed by atoms with van der Waals surface area (Å²) in [6.45, 7) is 6.68. The van der Waals surface area contributed by atoms with Gasteiger partial charge in [0.1, 0.15) is 5.82 Å². The van der Waals surface area contributed by atoms with Gasteiger partial charge in [-0.2, -0.15) is 5.10 Å². The molecule has 0 bridgehead atoms. The zero-order chi connectivity index (χ0) is 23.1. The van der Waals surface area contributed by atoms with E-state index in [-0.39, 0.29) is 5.25 Å². The third-order valence-corrected chi connectivity index (χ3v) is 6.70. The first-order valence-corrected chi connectivity index (χ1v) is 11.8. The van der Waals surface area contributed by atoms with Crippen molar-refractivity contribution in [2.45, 2.75) is 37.7 Å². The molecule has 168 valence electrons. The first-order chi connectivity index (χ1) is 15.9. The van der Waals surface area contributed by atoms with Gasteiger partial charge in [-0.25, -0.2) is 14.3 Å². The summed E-state index contributed by atoms with van der Waals surface area (Å²) in [4.78, 5) is 4.92. The van der Waals surface area contributed by atoms with Crippen LogP contribution in [-0.2, 0) is 6.54 Å². The second kappa shape index (κ2) is 8.57. The molecule has 33 heavy (non-hydrogen) atoms. The summed E-state index contributed by atoms with van der Waals surface area (Å²) in [6, 6.07) is 18.1. The Kier molecular flexibility index (Phi) is 5.59. The number of hydrogen-bond acceptors (Lipinski definition) is 6. The lowest BCUT2D eigenvalue weighted by molar-refractivity contribution is 0.722. The van der Waals surface area contributed by atoms with Crippen LogP contribution in [0.1, 0.15) is 34.9 Å². The molecule has 0 saturated carbocycles. The predicted molar refractivity (Wildman–Crippen MR) is 131 cm³/mol. The van der Waals surface area contributed by atoms with E-state index in [0.717, 1.165) is 28.2 Å². The molecule has 1 unspecified atom stereocenters. The fourth-order valence-electron chi connectivity index (χ4n) is 3.90. The van der Waals surface area contributed by atoms with Gasteiger partial charge in [0, 0.05) is 17.3 Å². The molecule has 0 fully saturated rings.